The van der Waals surface area contributed by atoms with Crippen LogP contribution in [0.25, 0.3) is 32.9 Å². The molecular formula is C55H68N2O4. The van der Waals surface area contributed by atoms with Gasteiger partial charge in [-0.25, -0.2) is 0 Å². The van der Waals surface area contributed by atoms with Crippen LogP contribution in [0.1, 0.15) is 136 Å². The molecular weight excluding hydrogens is 753 g/mol. The smallest absolute Gasteiger partial charge is 0.193 e. The number of carbonyl (C=O) groups excluding carboxylic acids is 1. The molecule has 5 aliphatic carbocycles. The number of aromatic amines is 2. The molecule has 5 fully saturated rings. The number of nitrogens with one attached hydrogen (secondary N) is 2. The Hall–Kier alpha value is -3.71. The summed E-state index contributed by atoms with van der Waals surface area (Å²) in [4.78, 5) is 21.5. The number of para-hydroxylation sites is 1. The lowest BCUT2D eigenvalue weighted by molar-refractivity contribution is -0.205. The highest BCUT2D eigenvalue weighted by molar-refractivity contribution is 6.06. The van der Waals surface area contributed by atoms with Gasteiger partial charge < -0.3 is 24.5 Å². The highest BCUT2D eigenvalue weighted by Gasteiger charge is 2.70. The SMILES string of the molecule is C=C1CC[C@@]2(C)[C@H](C)CC[C@H](O)[C@@]2(CCC=C(C)C)[C@@H]1Cc1c[nH]c2c(-c3cccc4[nH]c5c(c34)CC3CCC4C6=CC(=O)[C@@H]7O[C@@]6(CC[C@]4(C)[C@@]53C)OC7(C)C)cccc12. The van der Waals surface area contributed by atoms with E-state index in [1.165, 1.54) is 60.9 Å². The summed E-state index contributed by atoms with van der Waals surface area (Å²) in [6.07, 6.45) is 17.7. The van der Waals surface area contributed by atoms with Crippen molar-refractivity contribution in [3.05, 3.63) is 94.9 Å². The van der Waals surface area contributed by atoms with Gasteiger partial charge in [-0.15, -0.1) is 0 Å². The number of fused-ring (bicyclic) bond motifs is 11. The normalized spacial score (nSPS) is 39.7. The minimum Gasteiger partial charge on any atom is -0.393 e. The molecule has 61 heavy (non-hydrogen) atoms. The Kier molecular flexibility index (Phi) is 8.66. The molecule has 3 N–H and O–H groups in total. The van der Waals surface area contributed by atoms with Crippen LogP contribution in [0.3, 0.4) is 0 Å². The summed E-state index contributed by atoms with van der Waals surface area (Å²) in [5.41, 5.74) is 12.0. The van der Waals surface area contributed by atoms with Crippen molar-refractivity contribution in [2.75, 3.05) is 0 Å². The maximum Gasteiger partial charge on any atom is 0.193 e. The van der Waals surface area contributed by atoms with E-state index in [0.29, 0.717) is 11.8 Å². The van der Waals surface area contributed by atoms with Gasteiger partial charge in [-0.3, -0.25) is 4.79 Å². The number of allylic oxidation sites excluding steroid dienone is 3. The Morgan fingerprint density at radius 2 is 1.75 bits per heavy atom. The largest absolute Gasteiger partial charge is 0.393 e. The number of benzene rings is 2. The van der Waals surface area contributed by atoms with Crippen molar-refractivity contribution in [3.8, 4) is 11.1 Å². The van der Waals surface area contributed by atoms with Gasteiger partial charge in [0.15, 0.2) is 17.7 Å². The van der Waals surface area contributed by atoms with Gasteiger partial charge in [0, 0.05) is 51.0 Å². The van der Waals surface area contributed by atoms with Gasteiger partial charge in [0.05, 0.1) is 11.6 Å². The molecule has 0 radical (unpaired) electrons. The number of hydrogen-bond donors (Lipinski definition) is 3. The lowest BCUT2D eigenvalue weighted by Crippen LogP contribution is -2.61. The predicted molar refractivity (Wildman–Crippen MR) is 245 cm³/mol. The third-order valence-electron chi connectivity index (χ3n) is 19.5. The van der Waals surface area contributed by atoms with Crippen molar-refractivity contribution < 1.29 is 19.4 Å². The molecule has 6 nitrogen and oxygen atoms in total. The van der Waals surface area contributed by atoms with E-state index >= 15 is 0 Å². The zero-order valence-electron chi connectivity index (χ0n) is 38.0. The molecule has 4 saturated carbocycles. The fourth-order valence-electron chi connectivity index (χ4n) is 16.0. The first-order valence-corrected chi connectivity index (χ1v) is 23.9. The Morgan fingerprint density at radius 1 is 0.967 bits per heavy atom. The standard InChI is InChI=1S/C55H68N2O4/c1-31(2)13-12-23-54-41(32(3)22-24-51(54,7)33(4)18-21-45(54)59)27-34-30-56-47-36(34)14-10-16-38(47)37-15-11-17-43-46(37)39-28-35-19-20-40-42-29-44(58)49-50(5,6)61-55(42,60-49)26-25-52(40,8)53(35,9)48(39)57-43/h10-11,13-17,29-30,33,35,40-41,45,49,56-57,59H,3,12,18-28H2,1-2,4-9H3/t33-,35?,40?,41-,45+,49+,51+,52+,53-,54-,55+/m1/s1. The average molecular weight is 821 g/mol. The molecule has 11 rings (SSSR count). The minimum absolute atomic E-state index is 0.0559. The first kappa shape index (κ1) is 40.1. The Bertz CT molecular complexity index is 2580. The summed E-state index contributed by atoms with van der Waals surface area (Å²) in [6, 6.07) is 13.7. The lowest BCUT2D eigenvalue weighted by atomic mass is 9.40. The fourth-order valence-corrected chi connectivity index (χ4v) is 16.0. The van der Waals surface area contributed by atoms with Crippen molar-refractivity contribution in [2.24, 2.45) is 39.9 Å². The molecule has 1 saturated heterocycles. The summed E-state index contributed by atoms with van der Waals surface area (Å²) in [6.45, 7) is 23.2. The first-order chi connectivity index (χ1) is 29.0. The van der Waals surface area contributed by atoms with Crippen LogP contribution in [0, 0.1) is 39.9 Å². The zero-order valence-corrected chi connectivity index (χ0v) is 38.0. The van der Waals surface area contributed by atoms with E-state index in [2.05, 4.69) is 100 Å². The van der Waals surface area contributed by atoms with Crippen molar-refractivity contribution in [2.45, 2.75) is 161 Å². The van der Waals surface area contributed by atoms with E-state index in [1.54, 1.807) is 0 Å². The van der Waals surface area contributed by atoms with Crippen LogP contribution in [-0.4, -0.2) is 44.5 Å². The predicted octanol–water partition coefficient (Wildman–Crippen LogP) is 12.4. The maximum atomic E-state index is 13.6. The molecule has 7 aliphatic rings. The number of aliphatic hydroxyl groups excluding tert-OH is 1. The molecule has 322 valence electrons. The van der Waals surface area contributed by atoms with Crippen molar-refractivity contribution in [3.63, 3.8) is 0 Å². The molecule has 6 heteroatoms. The first-order valence-electron chi connectivity index (χ1n) is 23.9. The molecule has 2 aromatic heterocycles. The van der Waals surface area contributed by atoms with Crippen molar-refractivity contribution in [1.29, 1.82) is 0 Å². The Morgan fingerprint density at radius 3 is 2.56 bits per heavy atom. The van der Waals surface area contributed by atoms with Gasteiger partial charge in [-0.1, -0.05) is 81.8 Å². The number of aromatic nitrogens is 2. The molecule has 1 spiro atoms. The van der Waals surface area contributed by atoms with Crippen LogP contribution < -0.4 is 0 Å². The maximum absolute atomic E-state index is 13.6. The zero-order chi connectivity index (χ0) is 42.6. The van der Waals surface area contributed by atoms with E-state index in [1.807, 2.05) is 19.9 Å². The number of rotatable bonds is 6. The van der Waals surface area contributed by atoms with Crippen molar-refractivity contribution >= 4 is 27.6 Å². The second-order valence-electron chi connectivity index (χ2n) is 22.5. The number of carbonyl (C=O) groups is 1. The fraction of sp³-hybridized carbons (Fsp3) is 0.582. The third-order valence-corrected chi connectivity index (χ3v) is 19.5. The van der Waals surface area contributed by atoms with E-state index in [9.17, 15) is 9.90 Å². The second kappa shape index (κ2) is 13.2. The van der Waals surface area contributed by atoms with Crippen LogP contribution in [-0.2, 0) is 32.5 Å². The number of aliphatic hydroxyl groups is 1. The summed E-state index contributed by atoms with van der Waals surface area (Å²) >= 11 is 0. The molecule has 2 aliphatic heterocycles. The second-order valence-corrected chi connectivity index (χ2v) is 22.5. The number of hydrogen-bond acceptors (Lipinski definition) is 4. The summed E-state index contributed by atoms with van der Waals surface area (Å²) in [7, 11) is 0. The van der Waals surface area contributed by atoms with Gasteiger partial charge in [0.1, 0.15) is 5.60 Å². The van der Waals surface area contributed by atoms with Crippen LogP contribution in [0.15, 0.2) is 78.0 Å². The van der Waals surface area contributed by atoms with E-state index in [4.69, 9.17) is 16.1 Å². The Labute approximate surface area is 363 Å². The quantitative estimate of drug-likeness (QED) is 0.169. The van der Waals surface area contributed by atoms with Crippen LogP contribution in [0.5, 0.6) is 0 Å². The molecule has 2 bridgehead atoms. The monoisotopic (exact) mass is 821 g/mol. The van der Waals surface area contributed by atoms with Gasteiger partial charge >= 0.3 is 0 Å². The van der Waals surface area contributed by atoms with Crippen LogP contribution in [0.2, 0.25) is 0 Å². The summed E-state index contributed by atoms with van der Waals surface area (Å²) < 4.78 is 13.4. The molecule has 4 aromatic rings. The highest BCUT2D eigenvalue weighted by Crippen LogP contribution is 2.71. The number of H-pyrrole nitrogens is 2. The van der Waals surface area contributed by atoms with E-state index < -0.39 is 17.5 Å². The number of ketones is 1. The Balaban J connectivity index is 0.979. The van der Waals surface area contributed by atoms with Crippen LogP contribution >= 0.6 is 0 Å². The summed E-state index contributed by atoms with van der Waals surface area (Å²) in [5.74, 6) is 0.787. The van der Waals surface area contributed by atoms with E-state index in [0.717, 1.165) is 82.6 Å². The topological polar surface area (TPSA) is 87.3 Å². The number of ether oxygens (including phenoxy) is 2. The average Bonchev–Trinajstić information content (AvgIpc) is 3.95. The van der Waals surface area contributed by atoms with Gasteiger partial charge in [-0.05, 0) is 167 Å². The molecule has 2 aromatic carbocycles. The van der Waals surface area contributed by atoms with Crippen molar-refractivity contribution in [1.82, 2.24) is 9.97 Å². The van der Waals surface area contributed by atoms with Crippen LogP contribution in [0.4, 0.5) is 0 Å². The minimum atomic E-state index is -0.775. The molecule has 11 atom stereocenters. The highest BCUT2D eigenvalue weighted by atomic mass is 16.8. The van der Waals surface area contributed by atoms with Gasteiger partial charge in [-0.2, -0.15) is 0 Å². The third kappa shape index (κ3) is 5.10. The van der Waals surface area contributed by atoms with E-state index in [-0.39, 0.29) is 45.4 Å². The molecule has 0 amide bonds. The molecule has 2 unspecified atom stereocenters. The van der Waals surface area contributed by atoms with Gasteiger partial charge in [0.2, 0.25) is 0 Å². The lowest BCUT2D eigenvalue weighted by Gasteiger charge is -2.64. The van der Waals surface area contributed by atoms with Gasteiger partial charge in [0.25, 0.3) is 0 Å². The molecule has 4 heterocycles. The summed E-state index contributed by atoms with van der Waals surface area (Å²) in [5, 5.41) is 14.9.